The van der Waals surface area contributed by atoms with E-state index in [0.717, 1.165) is 5.92 Å². The van der Waals surface area contributed by atoms with Crippen LogP contribution in [0.4, 0.5) is 0 Å². The average Bonchev–Trinajstić information content (AvgIpc) is 1.83. The van der Waals surface area contributed by atoms with E-state index in [1.807, 2.05) is 0 Å². The Morgan fingerprint density at radius 1 is 1.75 bits per heavy atom. The van der Waals surface area contributed by atoms with Crippen LogP contribution in [-0.4, -0.2) is 6.21 Å². The predicted molar refractivity (Wildman–Crippen MR) is 35.3 cm³/mol. The molecule has 2 atom stereocenters. The van der Waals surface area contributed by atoms with Crippen molar-refractivity contribution >= 4 is 6.21 Å². The van der Waals surface area contributed by atoms with Crippen LogP contribution in [0.2, 0.25) is 0 Å². The van der Waals surface area contributed by atoms with Crippen molar-refractivity contribution in [2.75, 3.05) is 0 Å². The maximum absolute atomic E-state index is 7.06. The number of nitrogens with one attached hydrogen (secondary N) is 1. The van der Waals surface area contributed by atoms with Crippen molar-refractivity contribution in [3.63, 3.8) is 0 Å². The van der Waals surface area contributed by atoms with Crippen LogP contribution in [0.5, 0.6) is 0 Å². The van der Waals surface area contributed by atoms with Gasteiger partial charge in [-0.3, -0.25) is 0 Å². The highest BCUT2D eigenvalue weighted by atomic mass is 14.5. The summed E-state index contributed by atoms with van der Waals surface area (Å²) in [6, 6.07) is 0. The van der Waals surface area contributed by atoms with Crippen LogP contribution < -0.4 is 0 Å². The summed E-state index contributed by atoms with van der Waals surface area (Å²) in [5.74, 6) is 0.750. The first-order valence-corrected chi connectivity index (χ1v) is 3.21. The molecule has 0 aromatic heterocycles. The number of hydrogen-bond acceptors (Lipinski definition) is 1. The first-order chi connectivity index (χ1) is 3.69. The van der Waals surface area contributed by atoms with Gasteiger partial charge in [-0.05, 0) is 18.8 Å². The van der Waals surface area contributed by atoms with Gasteiger partial charge in [0.1, 0.15) is 0 Å². The molecule has 1 aliphatic rings. The second kappa shape index (κ2) is 1.57. The summed E-state index contributed by atoms with van der Waals surface area (Å²) in [5.41, 5.74) is 0.264. The lowest BCUT2D eigenvalue weighted by Crippen LogP contribution is -2.36. The zero-order valence-corrected chi connectivity index (χ0v) is 5.57. The first-order valence-electron chi connectivity index (χ1n) is 3.21. The molecule has 0 amide bonds. The maximum atomic E-state index is 7.06. The summed E-state index contributed by atoms with van der Waals surface area (Å²) < 4.78 is 0. The zero-order valence-electron chi connectivity index (χ0n) is 5.57. The van der Waals surface area contributed by atoms with E-state index >= 15 is 0 Å². The molecule has 46 valence electrons. The van der Waals surface area contributed by atoms with Gasteiger partial charge in [0.25, 0.3) is 0 Å². The predicted octanol–water partition coefficient (Wildman–Crippen LogP) is 2.07. The summed E-state index contributed by atoms with van der Waals surface area (Å²) in [5, 5.41) is 7.06. The molecule has 0 bridgehead atoms. The largest absolute Gasteiger partial charge is 0.313 e. The molecule has 0 saturated heterocycles. The van der Waals surface area contributed by atoms with Crippen molar-refractivity contribution < 1.29 is 0 Å². The Balaban J connectivity index is 2.54. The van der Waals surface area contributed by atoms with E-state index in [0.29, 0.717) is 0 Å². The molecule has 8 heavy (non-hydrogen) atoms. The summed E-state index contributed by atoms with van der Waals surface area (Å²) in [4.78, 5) is 0. The minimum absolute atomic E-state index is 0.264. The van der Waals surface area contributed by atoms with Gasteiger partial charge < -0.3 is 5.41 Å². The van der Waals surface area contributed by atoms with E-state index in [-0.39, 0.29) is 5.41 Å². The van der Waals surface area contributed by atoms with Gasteiger partial charge in [0.05, 0.1) is 0 Å². The van der Waals surface area contributed by atoms with Crippen LogP contribution in [0.3, 0.4) is 0 Å². The third-order valence-electron chi connectivity index (χ3n) is 2.57. The quantitative estimate of drug-likeness (QED) is 0.501. The van der Waals surface area contributed by atoms with Gasteiger partial charge in [0, 0.05) is 11.6 Å². The summed E-state index contributed by atoms with van der Waals surface area (Å²) in [6.07, 6.45) is 4.13. The fourth-order valence-corrected chi connectivity index (χ4v) is 1.10. The Morgan fingerprint density at radius 3 is 2.38 bits per heavy atom. The van der Waals surface area contributed by atoms with E-state index in [4.69, 9.17) is 5.41 Å². The Hall–Kier alpha value is -0.330. The third kappa shape index (κ3) is 0.575. The minimum atomic E-state index is 0.264. The highest BCUT2D eigenvalue weighted by molar-refractivity contribution is 5.63. The lowest BCUT2D eigenvalue weighted by molar-refractivity contribution is 0.154. The van der Waals surface area contributed by atoms with Gasteiger partial charge in [-0.15, -0.1) is 0 Å². The van der Waals surface area contributed by atoms with Crippen molar-refractivity contribution in [2.24, 2.45) is 11.3 Å². The van der Waals surface area contributed by atoms with Crippen molar-refractivity contribution in [2.45, 2.75) is 26.7 Å². The molecule has 0 aliphatic heterocycles. The molecule has 0 aromatic carbocycles. The molecule has 1 nitrogen and oxygen atoms in total. The Labute approximate surface area is 50.6 Å². The van der Waals surface area contributed by atoms with Crippen LogP contribution in [0.15, 0.2) is 0 Å². The molecule has 1 N–H and O–H groups in total. The van der Waals surface area contributed by atoms with Crippen LogP contribution in [0.1, 0.15) is 26.7 Å². The molecule has 0 aromatic rings. The van der Waals surface area contributed by atoms with Crippen LogP contribution in [0, 0.1) is 16.7 Å². The van der Waals surface area contributed by atoms with Crippen LogP contribution in [-0.2, 0) is 0 Å². The number of hydrogen-bond donors (Lipinski definition) is 1. The average molecular weight is 111 g/mol. The van der Waals surface area contributed by atoms with Gasteiger partial charge in [0.2, 0.25) is 0 Å². The van der Waals surface area contributed by atoms with Crippen molar-refractivity contribution in [1.82, 2.24) is 0 Å². The van der Waals surface area contributed by atoms with Crippen molar-refractivity contribution in [3.8, 4) is 0 Å². The zero-order chi connectivity index (χ0) is 6.20. The molecule has 1 heteroatoms. The van der Waals surface area contributed by atoms with E-state index in [1.165, 1.54) is 12.8 Å². The Kier molecular flexibility index (Phi) is 1.14. The monoisotopic (exact) mass is 111 g/mol. The second-order valence-corrected chi connectivity index (χ2v) is 3.09. The fraction of sp³-hybridized carbons (Fsp3) is 0.857. The minimum Gasteiger partial charge on any atom is -0.313 e. The molecule has 1 aliphatic carbocycles. The summed E-state index contributed by atoms with van der Waals surface area (Å²) in [7, 11) is 0. The molecule has 0 spiro atoms. The molecule has 1 rings (SSSR count). The fourth-order valence-electron chi connectivity index (χ4n) is 1.10. The van der Waals surface area contributed by atoms with Gasteiger partial charge in [0.15, 0.2) is 0 Å². The summed E-state index contributed by atoms with van der Waals surface area (Å²) in [6.45, 7) is 4.38. The van der Waals surface area contributed by atoms with Gasteiger partial charge in [-0.1, -0.05) is 13.8 Å². The molecular weight excluding hydrogens is 98.1 g/mol. The smallest absolute Gasteiger partial charge is 0.00470 e. The number of rotatable bonds is 1. The maximum Gasteiger partial charge on any atom is 0.00470 e. The molecule has 1 fully saturated rings. The molecule has 0 radical (unpaired) electrons. The SMILES string of the molecule is CC1CCC1(C)C=N. The molecule has 2 unspecified atom stereocenters. The normalized spacial score (nSPS) is 45.5. The van der Waals surface area contributed by atoms with E-state index in [9.17, 15) is 0 Å². The molecule has 0 heterocycles. The lowest BCUT2D eigenvalue weighted by atomic mass is 9.63. The van der Waals surface area contributed by atoms with Crippen LogP contribution >= 0.6 is 0 Å². The Bertz CT molecular complexity index is 109. The van der Waals surface area contributed by atoms with Gasteiger partial charge in [-0.2, -0.15) is 0 Å². The standard InChI is InChI=1S/C7H13N/c1-6-3-4-7(6,2)5-8/h5-6,8H,3-4H2,1-2H3. The first kappa shape index (κ1) is 5.80. The van der Waals surface area contributed by atoms with Crippen molar-refractivity contribution in [1.29, 1.82) is 5.41 Å². The van der Waals surface area contributed by atoms with Gasteiger partial charge in [-0.25, -0.2) is 0 Å². The van der Waals surface area contributed by atoms with E-state index in [2.05, 4.69) is 13.8 Å². The summed E-state index contributed by atoms with van der Waals surface area (Å²) >= 11 is 0. The Morgan fingerprint density at radius 2 is 2.38 bits per heavy atom. The highest BCUT2D eigenvalue weighted by Crippen LogP contribution is 2.43. The third-order valence-corrected chi connectivity index (χ3v) is 2.57. The van der Waals surface area contributed by atoms with Crippen molar-refractivity contribution in [3.05, 3.63) is 0 Å². The molecule has 1 saturated carbocycles. The van der Waals surface area contributed by atoms with E-state index in [1.54, 1.807) is 6.21 Å². The second-order valence-electron chi connectivity index (χ2n) is 3.09. The highest BCUT2D eigenvalue weighted by Gasteiger charge is 2.37. The molecular formula is C7H13N. The van der Waals surface area contributed by atoms with Crippen LogP contribution in [0.25, 0.3) is 0 Å². The lowest BCUT2D eigenvalue weighted by Gasteiger charge is -2.41. The van der Waals surface area contributed by atoms with Gasteiger partial charge >= 0.3 is 0 Å². The van der Waals surface area contributed by atoms with E-state index < -0.39 is 0 Å². The topological polar surface area (TPSA) is 23.9 Å².